The summed E-state index contributed by atoms with van der Waals surface area (Å²) in [5, 5.41) is 27.3. The number of amides is 4. The first kappa shape index (κ1) is 21.7. The highest BCUT2D eigenvalue weighted by atomic mass is 35.5. The molecule has 0 spiro atoms. The first-order valence-electron chi connectivity index (χ1n) is 9.45. The van der Waals surface area contributed by atoms with Crippen molar-refractivity contribution in [2.24, 2.45) is 4.99 Å². The van der Waals surface area contributed by atoms with Crippen LogP contribution >= 0.6 is 23.2 Å². The first-order chi connectivity index (χ1) is 15.3. The highest BCUT2D eigenvalue weighted by Gasteiger charge is 2.33. The molecule has 9 nitrogen and oxygen atoms in total. The summed E-state index contributed by atoms with van der Waals surface area (Å²) in [4.78, 5) is 39.7. The van der Waals surface area contributed by atoms with Crippen molar-refractivity contribution in [1.82, 2.24) is 9.88 Å². The van der Waals surface area contributed by atoms with Gasteiger partial charge in [0.2, 0.25) is 23.6 Å². The van der Waals surface area contributed by atoms with Crippen LogP contribution in [0.5, 0.6) is 11.8 Å². The zero-order chi connectivity index (χ0) is 23.0. The van der Waals surface area contributed by atoms with Crippen LogP contribution in [-0.2, 0) is 9.59 Å². The minimum absolute atomic E-state index is 0.0764. The summed E-state index contributed by atoms with van der Waals surface area (Å²) < 4.78 is 1.07. The lowest BCUT2D eigenvalue weighted by atomic mass is 10.1. The zero-order valence-electron chi connectivity index (χ0n) is 16.3. The van der Waals surface area contributed by atoms with E-state index in [0.717, 1.165) is 4.57 Å². The summed E-state index contributed by atoms with van der Waals surface area (Å²) in [7, 11) is 0. The maximum atomic E-state index is 12.2. The molecule has 0 radical (unpaired) electrons. The summed E-state index contributed by atoms with van der Waals surface area (Å²) in [5.41, 5.74) is 0.731. The van der Waals surface area contributed by atoms with Gasteiger partial charge in [-0.3, -0.25) is 19.5 Å². The molecule has 3 aromatic rings. The number of rotatable bonds is 3. The average Bonchev–Trinajstić information content (AvgIpc) is 3.00. The molecule has 0 saturated carbocycles. The Hall–Kier alpha value is -3.56. The number of carbonyl (C=O) groups is 3. The van der Waals surface area contributed by atoms with E-state index in [1.165, 1.54) is 18.3 Å². The molecule has 164 valence electrons. The smallest absolute Gasteiger partial charge is 0.345 e. The Morgan fingerprint density at radius 3 is 2.66 bits per heavy atom. The van der Waals surface area contributed by atoms with Gasteiger partial charge in [-0.1, -0.05) is 35.3 Å². The second-order valence-electron chi connectivity index (χ2n) is 7.07. The summed E-state index contributed by atoms with van der Waals surface area (Å²) in [6.45, 7) is 0. The number of carbonyl (C=O) groups excluding carboxylic acids is 3. The minimum Gasteiger partial charge on any atom is -0.494 e. The normalized spacial score (nSPS) is 16.5. The van der Waals surface area contributed by atoms with Crippen molar-refractivity contribution in [2.45, 2.75) is 18.9 Å². The number of fused-ring (bicyclic) bond motifs is 1. The third kappa shape index (κ3) is 4.00. The molecule has 4 rings (SSSR count). The van der Waals surface area contributed by atoms with E-state index in [-0.39, 0.29) is 40.4 Å². The summed E-state index contributed by atoms with van der Waals surface area (Å²) >= 11 is 11.8. The van der Waals surface area contributed by atoms with Crippen LogP contribution in [0.2, 0.25) is 10.0 Å². The number of aromatic hydroxyl groups is 2. The number of piperidine rings is 1. The Labute approximate surface area is 191 Å². The summed E-state index contributed by atoms with van der Waals surface area (Å²) in [6.07, 6.45) is 1.43. The van der Waals surface area contributed by atoms with Gasteiger partial charge in [0.05, 0.1) is 15.4 Å². The van der Waals surface area contributed by atoms with Crippen LogP contribution in [0.3, 0.4) is 0 Å². The molecule has 4 amide bonds. The lowest BCUT2D eigenvalue weighted by molar-refractivity contribution is -0.135. The molecule has 0 aliphatic carbocycles. The maximum Gasteiger partial charge on any atom is 0.345 e. The van der Waals surface area contributed by atoms with E-state index in [1.54, 1.807) is 24.3 Å². The Kier molecular flexibility index (Phi) is 5.77. The first-order valence-corrected chi connectivity index (χ1v) is 10.2. The van der Waals surface area contributed by atoms with Crippen LogP contribution in [-0.4, -0.2) is 38.8 Å². The standard InChI is InChI=1S/C21H16Cl2N4O5/c22-13-5-4-11(8-14(13)23)25-21(32)24-9-10-2-1-3-12-17(10)20(31)27(19(12)30)15-6-7-16(28)26-18(15)29/h1-5,8-9,15,30-31H,6-7H2,(H,25,32)(H,26,28,29). The second kappa shape index (κ2) is 8.52. The number of benzene rings is 2. The van der Waals surface area contributed by atoms with Crippen molar-refractivity contribution in [3.05, 3.63) is 52.0 Å². The van der Waals surface area contributed by atoms with Crippen LogP contribution in [0.15, 0.2) is 41.4 Å². The van der Waals surface area contributed by atoms with Crippen molar-refractivity contribution in [3.8, 4) is 11.8 Å². The maximum absolute atomic E-state index is 12.2. The van der Waals surface area contributed by atoms with E-state index in [0.29, 0.717) is 16.3 Å². The number of anilines is 1. The van der Waals surface area contributed by atoms with Crippen molar-refractivity contribution in [2.75, 3.05) is 5.32 Å². The van der Waals surface area contributed by atoms with Gasteiger partial charge in [-0.25, -0.2) is 9.79 Å². The number of hydrogen-bond acceptors (Lipinski definition) is 5. The fraction of sp³-hybridized carbons (Fsp3) is 0.143. The molecular formula is C21H16Cl2N4O5. The number of urea groups is 1. The van der Waals surface area contributed by atoms with Crippen LogP contribution in [0.25, 0.3) is 10.8 Å². The quantitative estimate of drug-likeness (QED) is 0.336. The molecule has 1 aliphatic heterocycles. The molecule has 1 aromatic heterocycles. The molecule has 0 bridgehead atoms. The van der Waals surface area contributed by atoms with Gasteiger partial charge < -0.3 is 15.5 Å². The number of aromatic nitrogens is 1. The molecule has 1 saturated heterocycles. The Morgan fingerprint density at radius 1 is 1.16 bits per heavy atom. The molecule has 4 N–H and O–H groups in total. The van der Waals surface area contributed by atoms with Crippen LogP contribution < -0.4 is 10.6 Å². The van der Waals surface area contributed by atoms with Gasteiger partial charge in [-0.15, -0.1) is 0 Å². The highest BCUT2D eigenvalue weighted by molar-refractivity contribution is 6.42. The topological polar surface area (TPSA) is 133 Å². The number of aliphatic imine (C=N–C) groups is 1. The van der Waals surface area contributed by atoms with Crippen LogP contribution in [0.1, 0.15) is 24.4 Å². The highest BCUT2D eigenvalue weighted by Crippen LogP contribution is 2.41. The van der Waals surface area contributed by atoms with Crippen molar-refractivity contribution < 1.29 is 24.6 Å². The Bertz CT molecular complexity index is 1300. The Balaban J connectivity index is 1.65. The fourth-order valence-corrected chi connectivity index (χ4v) is 3.84. The monoisotopic (exact) mass is 474 g/mol. The molecule has 32 heavy (non-hydrogen) atoms. The zero-order valence-corrected chi connectivity index (χ0v) is 17.8. The molecule has 1 aliphatic rings. The SMILES string of the molecule is O=C1CCC(n2c(O)c3cccc(C=NC(=O)Nc4ccc(Cl)c(Cl)c4)c3c2O)C(=O)N1. The van der Waals surface area contributed by atoms with Crippen molar-refractivity contribution in [3.63, 3.8) is 0 Å². The van der Waals surface area contributed by atoms with Gasteiger partial charge in [-0.05, 0) is 30.7 Å². The van der Waals surface area contributed by atoms with Gasteiger partial charge in [0.1, 0.15) is 6.04 Å². The molecule has 2 aromatic carbocycles. The molecule has 1 fully saturated rings. The van der Waals surface area contributed by atoms with E-state index in [9.17, 15) is 24.6 Å². The number of imide groups is 1. The molecule has 1 unspecified atom stereocenters. The number of nitrogens with one attached hydrogen (secondary N) is 2. The summed E-state index contributed by atoms with van der Waals surface area (Å²) in [5.74, 6) is -1.74. The number of nitrogens with zero attached hydrogens (tertiary/aromatic N) is 2. The lowest BCUT2D eigenvalue weighted by Gasteiger charge is -2.23. The van der Waals surface area contributed by atoms with Crippen molar-refractivity contribution >= 4 is 63.7 Å². The minimum atomic E-state index is -0.956. The van der Waals surface area contributed by atoms with Gasteiger partial charge in [0.25, 0.3) is 0 Å². The van der Waals surface area contributed by atoms with E-state index in [4.69, 9.17) is 23.2 Å². The Morgan fingerprint density at radius 2 is 1.94 bits per heavy atom. The number of halogens is 2. The lowest BCUT2D eigenvalue weighted by Crippen LogP contribution is -2.41. The van der Waals surface area contributed by atoms with Gasteiger partial charge in [0, 0.05) is 29.3 Å². The second-order valence-corrected chi connectivity index (χ2v) is 7.89. The third-order valence-electron chi connectivity index (χ3n) is 5.03. The average molecular weight is 475 g/mol. The van der Waals surface area contributed by atoms with Gasteiger partial charge in [-0.2, -0.15) is 0 Å². The van der Waals surface area contributed by atoms with E-state index in [2.05, 4.69) is 15.6 Å². The van der Waals surface area contributed by atoms with E-state index >= 15 is 0 Å². The van der Waals surface area contributed by atoms with E-state index < -0.39 is 23.9 Å². The third-order valence-corrected chi connectivity index (χ3v) is 5.77. The van der Waals surface area contributed by atoms with E-state index in [1.807, 2.05) is 0 Å². The predicted octanol–water partition coefficient (Wildman–Crippen LogP) is 3.99. The molecular weight excluding hydrogens is 459 g/mol. The van der Waals surface area contributed by atoms with Crippen molar-refractivity contribution in [1.29, 1.82) is 0 Å². The molecule has 1 atom stereocenters. The number of hydrogen-bond donors (Lipinski definition) is 4. The summed E-state index contributed by atoms with van der Waals surface area (Å²) in [6, 6.07) is 7.66. The van der Waals surface area contributed by atoms with Crippen LogP contribution in [0, 0.1) is 0 Å². The van der Waals surface area contributed by atoms with Crippen LogP contribution in [0.4, 0.5) is 10.5 Å². The molecule has 11 heteroatoms. The van der Waals surface area contributed by atoms with Gasteiger partial charge >= 0.3 is 6.03 Å². The fourth-order valence-electron chi connectivity index (χ4n) is 3.55. The van der Waals surface area contributed by atoms with Gasteiger partial charge in [0.15, 0.2) is 0 Å². The largest absolute Gasteiger partial charge is 0.494 e. The molecule has 2 heterocycles. The predicted molar refractivity (Wildman–Crippen MR) is 120 cm³/mol.